The number of nitrogens with two attached hydrogens (primary N) is 1. The van der Waals surface area contributed by atoms with Gasteiger partial charge in [-0.1, -0.05) is 11.2 Å². The highest BCUT2D eigenvalue weighted by atomic mass is 32.1. The van der Waals surface area contributed by atoms with E-state index in [2.05, 4.69) is 15.5 Å². The first-order valence-electron chi connectivity index (χ1n) is 5.08. The smallest absolute Gasteiger partial charge is 0.246 e. The summed E-state index contributed by atoms with van der Waals surface area (Å²) in [5, 5.41) is 8.39. The highest BCUT2D eigenvalue weighted by molar-refractivity contribution is 7.09. The van der Waals surface area contributed by atoms with Gasteiger partial charge in [-0.2, -0.15) is 4.98 Å². The van der Waals surface area contributed by atoms with Gasteiger partial charge in [-0.25, -0.2) is 0 Å². The number of carbonyl (C=O) groups is 1. The fourth-order valence-electron chi connectivity index (χ4n) is 1.25. The minimum Gasteiger partial charge on any atom is -0.346 e. The Morgan fingerprint density at radius 2 is 2.47 bits per heavy atom. The van der Waals surface area contributed by atoms with Crippen LogP contribution in [-0.2, 0) is 17.8 Å². The zero-order valence-electron chi connectivity index (χ0n) is 9.05. The number of hydrogen-bond acceptors (Lipinski definition) is 6. The fraction of sp³-hybridized carbons (Fsp3) is 0.300. The zero-order valence-corrected chi connectivity index (χ0v) is 9.87. The second-order valence-electron chi connectivity index (χ2n) is 3.34. The Bertz CT molecular complexity index is 480. The van der Waals surface area contributed by atoms with Crippen LogP contribution in [0.2, 0.25) is 0 Å². The molecule has 2 aromatic heterocycles. The monoisotopic (exact) mass is 252 g/mol. The molecule has 0 spiro atoms. The van der Waals surface area contributed by atoms with Crippen LogP contribution >= 0.6 is 11.3 Å². The van der Waals surface area contributed by atoms with Gasteiger partial charge >= 0.3 is 0 Å². The Morgan fingerprint density at radius 3 is 3.18 bits per heavy atom. The van der Waals surface area contributed by atoms with Crippen LogP contribution in [0.3, 0.4) is 0 Å². The molecule has 3 N–H and O–H groups in total. The van der Waals surface area contributed by atoms with Crippen LogP contribution < -0.4 is 11.1 Å². The van der Waals surface area contributed by atoms with Gasteiger partial charge in [0.05, 0.1) is 13.1 Å². The molecule has 0 aliphatic carbocycles. The summed E-state index contributed by atoms with van der Waals surface area (Å²) in [5.74, 6) is 0.755. The van der Waals surface area contributed by atoms with Crippen molar-refractivity contribution >= 4 is 17.2 Å². The van der Waals surface area contributed by atoms with E-state index in [1.807, 2.05) is 17.5 Å². The van der Waals surface area contributed by atoms with Crippen LogP contribution in [0.1, 0.15) is 16.6 Å². The number of thiophene rings is 1. The van der Waals surface area contributed by atoms with Crippen molar-refractivity contribution in [2.24, 2.45) is 5.73 Å². The minimum absolute atomic E-state index is 0.0454. The van der Waals surface area contributed by atoms with E-state index in [9.17, 15) is 4.79 Å². The lowest BCUT2D eigenvalue weighted by Crippen LogP contribution is -2.29. The maximum atomic E-state index is 10.9. The van der Waals surface area contributed by atoms with Crippen molar-refractivity contribution in [2.45, 2.75) is 13.0 Å². The Labute approximate surface area is 102 Å². The molecule has 6 nitrogen and oxygen atoms in total. The Hall–Kier alpha value is -1.73. The fourth-order valence-corrected chi connectivity index (χ4v) is 1.95. The first kappa shape index (κ1) is 11.7. The molecule has 90 valence electrons. The molecule has 7 heteroatoms. The molecule has 0 saturated heterocycles. The third kappa shape index (κ3) is 3.36. The van der Waals surface area contributed by atoms with Crippen molar-refractivity contribution in [3.8, 4) is 0 Å². The van der Waals surface area contributed by atoms with Crippen LogP contribution in [0.5, 0.6) is 0 Å². The number of hydrogen-bond donors (Lipinski definition) is 2. The van der Waals surface area contributed by atoms with E-state index >= 15 is 0 Å². The highest BCUT2D eigenvalue weighted by Crippen LogP contribution is 2.12. The lowest BCUT2D eigenvalue weighted by molar-refractivity contribution is -0.120. The molecular formula is C10H12N4O2S. The molecule has 2 aromatic rings. The molecule has 0 aliphatic rings. The summed E-state index contributed by atoms with van der Waals surface area (Å²) in [6.45, 7) is 0.170. The largest absolute Gasteiger partial charge is 0.346 e. The van der Waals surface area contributed by atoms with Crippen molar-refractivity contribution in [3.63, 3.8) is 0 Å². The van der Waals surface area contributed by atoms with Crippen molar-refractivity contribution in [1.29, 1.82) is 0 Å². The molecule has 0 radical (unpaired) electrons. The molecule has 0 fully saturated rings. The predicted octanol–water partition coefficient (Wildman–Crippen LogP) is 0.297. The third-order valence-electron chi connectivity index (χ3n) is 2.04. The summed E-state index contributed by atoms with van der Waals surface area (Å²) >= 11 is 1.64. The van der Waals surface area contributed by atoms with E-state index in [1.165, 1.54) is 4.88 Å². The second-order valence-corrected chi connectivity index (χ2v) is 4.37. The second kappa shape index (κ2) is 5.55. The molecule has 0 unspecified atom stereocenters. The lowest BCUT2D eigenvalue weighted by atomic mass is 10.3. The zero-order chi connectivity index (χ0) is 12.1. The molecular weight excluding hydrogens is 240 g/mol. The van der Waals surface area contributed by atoms with Crippen LogP contribution in [0, 0.1) is 0 Å². The van der Waals surface area contributed by atoms with Gasteiger partial charge in [-0.15, -0.1) is 11.3 Å². The van der Waals surface area contributed by atoms with Gasteiger partial charge in [0.25, 0.3) is 0 Å². The standard InChI is InChI=1S/C10H12N4O2S/c11-5-9(15)12-6-10-13-8(14-16-10)4-7-2-1-3-17-7/h1-3H,4-6,11H2,(H,12,15). The maximum absolute atomic E-state index is 10.9. The number of amides is 1. The summed E-state index contributed by atoms with van der Waals surface area (Å²) < 4.78 is 5.00. The molecule has 0 aromatic carbocycles. The highest BCUT2D eigenvalue weighted by Gasteiger charge is 2.08. The SMILES string of the molecule is NCC(=O)NCc1nc(Cc2cccs2)no1. The summed E-state index contributed by atoms with van der Waals surface area (Å²) in [5.41, 5.74) is 5.15. The number of rotatable bonds is 5. The van der Waals surface area contributed by atoms with E-state index in [4.69, 9.17) is 10.3 Å². The molecule has 0 bridgehead atoms. The van der Waals surface area contributed by atoms with Crippen LogP contribution in [0.15, 0.2) is 22.0 Å². The Balaban J connectivity index is 1.90. The van der Waals surface area contributed by atoms with Crippen molar-refractivity contribution in [3.05, 3.63) is 34.1 Å². The Kier molecular flexibility index (Phi) is 3.84. The molecule has 2 heterocycles. The number of aromatic nitrogens is 2. The number of nitrogens with zero attached hydrogens (tertiary/aromatic N) is 2. The lowest BCUT2D eigenvalue weighted by Gasteiger charge is -1.96. The van der Waals surface area contributed by atoms with Gasteiger partial charge in [-0.05, 0) is 11.4 Å². The topological polar surface area (TPSA) is 94.0 Å². The summed E-state index contributed by atoms with van der Waals surface area (Å²) in [6.07, 6.45) is 0.645. The van der Waals surface area contributed by atoms with Gasteiger partial charge in [0.15, 0.2) is 5.82 Å². The summed E-state index contributed by atoms with van der Waals surface area (Å²) in [6, 6.07) is 3.99. The van der Waals surface area contributed by atoms with Gasteiger partial charge in [0, 0.05) is 11.3 Å². The van der Waals surface area contributed by atoms with Crippen molar-refractivity contribution in [2.75, 3.05) is 6.54 Å². The first-order valence-corrected chi connectivity index (χ1v) is 5.96. The third-order valence-corrected chi connectivity index (χ3v) is 2.92. The number of nitrogens with one attached hydrogen (secondary N) is 1. The van der Waals surface area contributed by atoms with Gasteiger partial charge in [-0.3, -0.25) is 4.79 Å². The molecule has 1 amide bonds. The normalized spacial score (nSPS) is 10.4. The average molecular weight is 252 g/mol. The van der Waals surface area contributed by atoms with E-state index in [1.54, 1.807) is 11.3 Å². The first-order chi connectivity index (χ1) is 8.28. The molecule has 2 rings (SSSR count). The van der Waals surface area contributed by atoms with E-state index in [0.717, 1.165) is 0 Å². The average Bonchev–Trinajstić information content (AvgIpc) is 2.98. The van der Waals surface area contributed by atoms with Gasteiger partial charge in [0.2, 0.25) is 11.8 Å². The van der Waals surface area contributed by atoms with Crippen LogP contribution in [0.4, 0.5) is 0 Å². The van der Waals surface area contributed by atoms with E-state index in [0.29, 0.717) is 18.1 Å². The predicted molar refractivity (Wildman–Crippen MR) is 62.3 cm³/mol. The summed E-state index contributed by atoms with van der Waals surface area (Å²) in [7, 11) is 0. The quantitative estimate of drug-likeness (QED) is 0.798. The molecule has 0 aliphatic heterocycles. The molecule has 17 heavy (non-hydrogen) atoms. The van der Waals surface area contributed by atoms with E-state index in [-0.39, 0.29) is 19.0 Å². The van der Waals surface area contributed by atoms with Crippen molar-refractivity contribution < 1.29 is 9.32 Å². The summed E-state index contributed by atoms with van der Waals surface area (Å²) in [4.78, 5) is 16.3. The minimum atomic E-state index is -0.247. The number of carbonyl (C=O) groups excluding carboxylic acids is 1. The van der Waals surface area contributed by atoms with Crippen LogP contribution in [-0.4, -0.2) is 22.6 Å². The van der Waals surface area contributed by atoms with E-state index < -0.39 is 0 Å². The molecule has 0 atom stereocenters. The maximum Gasteiger partial charge on any atom is 0.246 e. The Morgan fingerprint density at radius 1 is 1.59 bits per heavy atom. The van der Waals surface area contributed by atoms with Gasteiger partial charge < -0.3 is 15.6 Å². The van der Waals surface area contributed by atoms with Crippen LogP contribution in [0.25, 0.3) is 0 Å². The van der Waals surface area contributed by atoms with Gasteiger partial charge in [0.1, 0.15) is 0 Å². The molecule has 0 saturated carbocycles. The van der Waals surface area contributed by atoms with Crippen molar-refractivity contribution in [1.82, 2.24) is 15.5 Å².